The number of hydrogen-bond donors (Lipinski definition) is 0. The smallest absolute Gasteiger partial charge is 0.227 e. The molecule has 222 valence electrons. The Hall–Kier alpha value is -6.14. The average molecular weight is 601 g/mol. The van der Waals surface area contributed by atoms with Gasteiger partial charge in [0.2, 0.25) is 11.8 Å². The lowest BCUT2D eigenvalue weighted by molar-refractivity contribution is 0.478. The van der Waals surface area contributed by atoms with Crippen LogP contribution in [0.4, 0.5) is 0 Å². The second-order valence-electron chi connectivity index (χ2n) is 11.2. The molecule has 8 aromatic rings. The van der Waals surface area contributed by atoms with Crippen LogP contribution in [0.25, 0.3) is 56.2 Å². The van der Waals surface area contributed by atoms with Crippen molar-refractivity contribution in [2.45, 2.75) is 13.8 Å². The Labute approximate surface area is 265 Å². The molecule has 0 aliphatic rings. The molecule has 0 saturated carbocycles. The molecular weight excluding hydrogens is 572 g/mol. The Morgan fingerprint density at radius 3 is 1.20 bits per heavy atom. The molecule has 0 atom stereocenters. The molecule has 2 aromatic heterocycles. The maximum Gasteiger partial charge on any atom is 0.227 e. The number of benzene rings is 6. The van der Waals surface area contributed by atoms with Crippen molar-refractivity contribution in [1.29, 1.82) is 0 Å². The minimum Gasteiger partial charge on any atom is -0.457 e. The van der Waals surface area contributed by atoms with E-state index in [1.54, 1.807) is 0 Å². The van der Waals surface area contributed by atoms with E-state index in [1.807, 2.05) is 123 Å². The summed E-state index contributed by atoms with van der Waals surface area (Å²) in [6, 6.07) is 43.6. The first kappa shape index (κ1) is 27.4. The van der Waals surface area contributed by atoms with Gasteiger partial charge in [0.25, 0.3) is 0 Å². The van der Waals surface area contributed by atoms with Gasteiger partial charge in [-0.1, -0.05) is 60.7 Å². The molecule has 0 unspecified atom stereocenters. The zero-order chi connectivity index (χ0) is 31.0. The van der Waals surface area contributed by atoms with Crippen LogP contribution in [-0.2, 0) is 0 Å². The van der Waals surface area contributed by atoms with E-state index in [4.69, 9.17) is 28.3 Å². The molecule has 0 aliphatic carbocycles. The average Bonchev–Trinajstić information content (AvgIpc) is 3.70. The first-order valence-corrected chi connectivity index (χ1v) is 15.1. The molecular formula is C40H28N2O4. The Morgan fingerprint density at radius 1 is 0.435 bits per heavy atom. The highest BCUT2D eigenvalue weighted by atomic mass is 16.5. The van der Waals surface area contributed by atoms with Gasteiger partial charge in [-0.3, -0.25) is 0 Å². The van der Waals surface area contributed by atoms with Gasteiger partial charge in [0, 0.05) is 23.3 Å². The SMILES string of the molecule is Cc1cc2nc(-c3ccc(-c4ccc(-c5nc6cc(C)c(Oc7ccccc7)cc6o5)cc4)cc3)oc2cc1Oc1ccccc1. The molecule has 6 heteroatoms. The van der Waals surface area contributed by atoms with Gasteiger partial charge in [-0.05, 0) is 96.8 Å². The van der Waals surface area contributed by atoms with Crippen LogP contribution < -0.4 is 9.47 Å². The highest BCUT2D eigenvalue weighted by molar-refractivity contribution is 5.81. The lowest BCUT2D eigenvalue weighted by Crippen LogP contribution is -1.87. The van der Waals surface area contributed by atoms with Gasteiger partial charge in [-0.2, -0.15) is 0 Å². The van der Waals surface area contributed by atoms with E-state index in [1.165, 1.54) is 0 Å². The summed E-state index contributed by atoms with van der Waals surface area (Å²) >= 11 is 0. The minimum absolute atomic E-state index is 0.566. The number of aromatic nitrogens is 2. The zero-order valence-corrected chi connectivity index (χ0v) is 25.2. The normalized spacial score (nSPS) is 11.3. The van der Waals surface area contributed by atoms with Crippen molar-refractivity contribution in [3.05, 3.63) is 145 Å². The van der Waals surface area contributed by atoms with Crippen molar-refractivity contribution in [3.8, 4) is 57.0 Å². The third-order valence-electron chi connectivity index (χ3n) is 7.91. The standard InChI is InChI=1S/C40H28N2O4/c1-25-21-33-37(23-35(25)43-31-9-5-3-6-10-31)45-39(41-33)29-17-13-27(14-18-29)28-15-19-30(20-16-28)40-42-34-22-26(2)36(24-38(34)46-40)44-32-11-7-4-8-12-32/h3-24H,1-2H3. The van der Waals surface area contributed by atoms with Gasteiger partial charge in [-0.15, -0.1) is 0 Å². The largest absolute Gasteiger partial charge is 0.457 e. The zero-order valence-electron chi connectivity index (χ0n) is 25.2. The summed E-state index contributed by atoms with van der Waals surface area (Å²) in [6.45, 7) is 4.02. The van der Waals surface area contributed by atoms with Crippen LogP contribution in [0.3, 0.4) is 0 Å². The number of fused-ring (bicyclic) bond motifs is 2. The van der Waals surface area contributed by atoms with Gasteiger partial charge < -0.3 is 18.3 Å². The summed E-state index contributed by atoms with van der Waals surface area (Å²) < 4.78 is 24.5. The first-order valence-electron chi connectivity index (χ1n) is 15.1. The molecule has 0 aliphatic heterocycles. The van der Waals surface area contributed by atoms with Crippen LogP contribution in [-0.4, -0.2) is 9.97 Å². The molecule has 0 bridgehead atoms. The number of para-hydroxylation sites is 2. The number of aryl methyl sites for hydroxylation is 2. The van der Waals surface area contributed by atoms with E-state index in [0.29, 0.717) is 22.9 Å². The molecule has 2 heterocycles. The van der Waals surface area contributed by atoms with Gasteiger partial charge in [0.15, 0.2) is 11.2 Å². The van der Waals surface area contributed by atoms with Crippen molar-refractivity contribution in [3.63, 3.8) is 0 Å². The van der Waals surface area contributed by atoms with Crippen LogP contribution in [0.5, 0.6) is 23.0 Å². The highest BCUT2D eigenvalue weighted by Gasteiger charge is 2.14. The summed E-state index contributed by atoms with van der Waals surface area (Å²) in [4.78, 5) is 9.48. The lowest BCUT2D eigenvalue weighted by atomic mass is 10.0. The summed E-state index contributed by atoms with van der Waals surface area (Å²) in [5, 5.41) is 0. The second-order valence-corrected chi connectivity index (χ2v) is 11.2. The fourth-order valence-electron chi connectivity index (χ4n) is 5.43. The topological polar surface area (TPSA) is 70.5 Å². The maximum atomic E-state index is 6.15. The predicted octanol–water partition coefficient (Wildman–Crippen LogP) is 11.2. The van der Waals surface area contributed by atoms with Crippen molar-refractivity contribution in [2.24, 2.45) is 0 Å². The van der Waals surface area contributed by atoms with Gasteiger partial charge in [0.05, 0.1) is 0 Å². The third kappa shape index (κ3) is 5.37. The Balaban J connectivity index is 1.00. The van der Waals surface area contributed by atoms with Crippen LogP contribution in [0.15, 0.2) is 142 Å². The monoisotopic (exact) mass is 600 g/mol. The number of oxazole rings is 2. The summed E-state index contributed by atoms with van der Waals surface area (Å²) in [5.74, 6) is 4.18. The molecule has 0 fully saturated rings. The molecule has 0 spiro atoms. The molecule has 0 radical (unpaired) electrons. The molecule has 0 amide bonds. The summed E-state index contributed by atoms with van der Waals surface area (Å²) in [5.41, 5.74) is 8.89. The Kier molecular flexibility index (Phi) is 6.80. The minimum atomic E-state index is 0.566. The third-order valence-corrected chi connectivity index (χ3v) is 7.91. The number of hydrogen-bond acceptors (Lipinski definition) is 6. The van der Waals surface area contributed by atoms with Crippen molar-refractivity contribution in [1.82, 2.24) is 9.97 Å². The number of nitrogens with zero attached hydrogens (tertiary/aromatic N) is 2. The maximum absolute atomic E-state index is 6.15. The van der Waals surface area contributed by atoms with E-state index in [2.05, 4.69) is 24.3 Å². The van der Waals surface area contributed by atoms with E-state index in [9.17, 15) is 0 Å². The molecule has 46 heavy (non-hydrogen) atoms. The lowest BCUT2D eigenvalue weighted by Gasteiger charge is -2.07. The molecule has 6 nitrogen and oxygen atoms in total. The van der Waals surface area contributed by atoms with Gasteiger partial charge in [0.1, 0.15) is 34.0 Å². The van der Waals surface area contributed by atoms with Crippen molar-refractivity contribution in [2.75, 3.05) is 0 Å². The number of ether oxygens (including phenoxy) is 2. The first-order chi connectivity index (χ1) is 22.6. The fraction of sp³-hybridized carbons (Fsp3) is 0.0500. The quantitative estimate of drug-likeness (QED) is 0.181. The molecule has 0 N–H and O–H groups in total. The van der Waals surface area contributed by atoms with Crippen LogP contribution in [0, 0.1) is 13.8 Å². The fourth-order valence-corrected chi connectivity index (χ4v) is 5.43. The van der Waals surface area contributed by atoms with Gasteiger partial charge >= 0.3 is 0 Å². The number of rotatable bonds is 7. The van der Waals surface area contributed by atoms with E-state index < -0.39 is 0 Å². The van der Waals surface area contributed by atoms with E-state index >= 15 is 0 Å². The highest BCUT2D eigenvalue weighted by Crippen LogP contribution is 2.35. The van der Waals surface area contributed by atoms with Crippen molar-refractivity contribution >= 4 is 22.2 Å². The van der Waals surface area contributed by atoms with Crippen LogP contribution >= 0.6 is 0 Å². The molecule has 0 saturated heterocycles. The van der Waals surface area contributed by atoms with Crippen LogP contribution in [0.2, 0.25) is 0 Å². The van der Waals surface area contributed by atoms with Gasteiger partial charge in [-0.25, -0.2) is 9.97 Å². The van der Waals surface area contributed by atoms with Crippen molar-refractivity contribution < 1.29 is 18.3 Å². The van der Waals surface area contributed by atoms with Crippen LogP contribution in [0.1, 0.15) is 11.1 Å². The Morgan fingerprint density at radius 2 is 0.804 bits per heavy atom. The summed E-state index contributed by atoms with van der Waals surface area (Å²) in [7, 11) is 0. The predicted molar refractivity (Wildman–Crippen MR) is 180 cm³/mol. The van der Waals surface area contributed by atoms with E-state index in [-0.39, 0.29) is 0 Å². The second kappa shape index (κ2) is 11.4. The molecule has 6 aromatic carbocycles. The Bertz CT molecular complexity index is 2140. The van der Waals surface area contributed by atoms with E-state index in [0.717, 1.165) is 67.4 Å². The summed E-state index contributed by atoms with van der Waals surface area (Å²) in [6.07, 6.45) is 0. The molecule has 8 rings (SSSR count).